The van der Waals surface area contributed by atoms with Gasteiger partial charge in [0.25, 0.3) is 0 Å². The lowest BCUT2D eigenvalue weighted by molar-refractivity contribution is 0.750. The Morgan fingerprint density at radius 3 is 2.68 bits per heavy atom. The summed E-state index contributed by atoms with van der Waals surface area (Å²) in [6, 6.07) is 19.8. The zero-order valence-electron chi connectivity index (χ0n) is 11.0. The lowest BCUT2D eigenvalue weighted by Crippen LogP contribution is -2.09. The van der Waals surface area contributed by atoms with E-state index in [-0.39, 0.29) is 0 Å². The molecular formula is C17H17NS. The van der Waals surface area contributed by atoms with E-state index in [1.807, 2.05) is 0 Å². The molecular weight excluding hydrogens is 250 g/mol. The average Bonchev–Trinajstić information content (AvgIpc) is 2.93. The van der Waals surface area contributed by atoms with Crippen LogP contribution in [0.2, 0.25) is 0 Å². The van der Waals surface area contributed by atoms with Crippen LogP contribution in [0, 0.1) is 0 Å². The van der Waals surface area contributed by atoms with Crippen molar-refractivity contribution >= 4 is 27.1 Å². The molecule has 0 aliphatic heterocycles. The Morgan fingerprint density at radius 1 is 1.05 bits per heavy atom. The molecule has 0 saturated carbocycles. The number of anilines is 1. The van der Waals surface area contributed by atoms with E-state index >= 15 is 0 Å². The van der Waals surface area contributed by atoms with E-state index in [1.54, 1.807) is 11.3 Å². The molecule has 1 atom stereocenters. The summed E-state index contributed by atoms with van der Waals surface area (Å²) < 4.78 is 1.35. The molecule has 0 saturated heterocycles. The lowest BCUT2D eigenvalue weighted by Gasteiger charge is -2.18. The van der Waals surface area contributed by atoms with Gasteiger partial charge in [-0.3, -0.25) is 0 Å². The van der Waals surface area contributed by atoms with Gasteiger partial charge >= 0.3 is 0 Å². The van der Waals surface area contributed by atoms with Crippen molar-refractivity contribution in [3.63, 3.8) is 0 Å². The first kappa shape index (κ1) is 12.2. The van der Waals surface area contributed by atoms with E-state index in [1.165, 1.54) is 21.3 Å². The molecule has 3 rings (SSSR count). The van der Waals surface area contributed by atoms with Crippen molar-refractivity contribution in [1.29, 1.82) is 0 Å². The largest absolute Gasteiger partial charge is 0.378 e. The van der Waals surface area contributed by atoms with Gasteiger partial charge in [-0.25, -0.2) is 0 Å². The van der Waals surface area contributed by atoms with Gasteiger partial charge in [-0.2, -0.15) is 0 Å². The highest BCUT2D eigenvalue weighted by Crippen LogP contribution is 2.27. The minimum atomic E-state index is 0.372. The van der Waals surface area contributed by atoms with Crippen molar-refractivity contribution < 1.29 is 0 Å². The van der Waals surface area contributed by atoms with Gasteiger partial charge < -0.3 is 5.32 Å². The van der Waals surface area contributed by atoms with E-state index in [0.29, 0.717) is 6.04 Å². The first-order chi connectivity index (χ1) is 9.36. The molecule has 0 bridgehead atoms. The Balaban J connectivity index is 1.86. The second kappa shape index (κ2) is 5.45. The minimum Gasteiger partial charge on any atom is -0.378 e. The zero-order valence-corrected chi connectivity index (χ0v) is 11.8. The number of nitrogens with one attached hydrogen (secondary N) is 1. The van der Waals surface area contributed by atoms with E-state index in [0.717, 1.165) is 6.42 Å². The maximum atomic E-state index is 3.63. The second-order valence-corrected chi connectivity index (χ2v) is 5.64. The molecule has 0 fully saturated rings. The van der Waals surface area contributed by atoms with Crippen LogP contribution in [0.1, 0.15) is 24.9 Å². The number of hydrogen-bond acceptors (Lipinski definition) is 2. The Morgan fingerprint density at radius 2 is 1.89 bits per heavy atom. The zero-order chi connectivity index (χ0) is 13.1. The molecule has 0 aliphatic carbocycles. The van der Waals surface area contributed by atoms with E-state index in [2.05, 4.69) is 72.2 Å². The Kier molecular flexibility index (Phi) is 3.51. The quantitative estimate of drug-likeness (QED) is 0.661. The Labute approximate surface area is 117 Å². The van der Waals surface area contributed by atoms with Gasteiger partial charge in [-0.1, -0.05) is 37.3 Å². The van der Waals surface area contributed by atoms with Gasteiger partial charge in [-0.15, -0.1) is 11.3 Å². The number of fused-ring (bicyclic) bond motifs is 1. The molecule has 2 aromatic carbocycles. The molecule has 96 valence electrons. The van der Waals surface area contributed by atoms with Crippen LogP contribution in [0.15, 0.2) is 60.0 Å². The molecule has 1 aromatic heterocycles. The summed E-state index contributed by atoms with van der Waals surface area (Å²) >= 11 is 1.79. The Bertz CT molecular complexity index is 657. The average molecular weight is 267 g/mol. The summed E-state index contributed by atoms with van der Waals surface area (Å²) in [5.74, 6) is 0. The van der Waals surface area contributed by atoms with Gasteiger partial charge in [0.2, 0.25) is 0 Å². The third-order valence-corrected chi connectivity index (χ3v) is 4.30. The van der Waals surface area contributed by atoms with Crippen LogP contribution in [0.4, 0.5) is 5.69 Å². The summed E-state index contributed by atoms with van der Waals surface area (Å²) in [5.41, 5.74) is 2.54. The molecule has 1 N–H and O–H groups in total. The van der Waals surface area contributed by atoms with Crippen LogP contribution in [-0.4, -0.2) is 0 Å². The van der Waals surface area contributed by atoms with Crippen molar-refractivity contribution in [3.05, 3.63) is 65.5 Å². The first-order valence-electron chi connectivity index (χ1n) is 6.65. The maximum absolute atomic E-state index is 3.63. The van der Waals surface area contributed by atoms with Crippen molar-refractivity contribution in [3.8, 4) is 0 Å². The third-order valence-electron chi connectivity index (χ3n) is 3.40. The highest BCUT2D eigenvalue weighted by atomic mass is 32.1. The van der Waals surface area contributed by atoms with Crippen LogP contribution in [0.5, 0.6) is 0 Å². The van der Waals surface area contributed by atoms with Crippen molar-refractivity contribution in [1.82, 2.24) is 0 Å². The number of hydrogen-bond donors (Lipinski definition) is 1. The molecule has 0 radical (unpaired) electrons. The predicted octanol–water partition coefficient (Wildman–Crippen LogP) is 5.46. The molecule has 2 heteroatoms. The fourth-order valence-electron chi connectivity index (χ4n) is 2.36. The molecule has 0 aliphatic rings. The van der Waals surface area contributed by atoms with Gasteiger partial charge in [0.05, 0.1) is 6.04 Å². The standard InChI is InChI=1S/C17H17NS/c1-2-16(13-6-4-3-5-7-13)18-15-8-9-17-14(12-15)10-11-19-17/h3-12,16,18H,2H2,1H3. The van der Waals surface area contributed by atoms with Crippen LogP contribution >= 0.6 is 11.3 Å². The SMILES string of the molecule is CCC(Nc1ccc2sccc2c1)c1ccccc1. The molecule has 1 nitrogen and oxygen atoms in total. The van der Waals surface area contributed by atoms with Gasteiger partial charge in [0.1, 0.15) is 0 Å². The van der Waals surface area contributed by atoms with E-state index in [4.69, 9.17) is 0 Å². The summed E-state index contributed by atoms with van der Waals surface area (Å²) in [5, 5.41) is 7.09. The topological polar surface area (TPSA) is 12.0 Å². The fraction of sp³-hybridized carbons (Fsp3) is 0.176. The maximum Gasteiger partial charge on any atom is 0.0511 e. The van der Waals surface area contributed by atoms with Crippen molar-refractivity contribution in [2.45, 2.75) is 19.4 Å². The molecule has 0 spiro atoms. The summed E-state index contributed by atoms with van der Waals surface area (Å²) in [6.07, 6.45) is 1.08. The molecule has 0 amide bonds. The van der Waals surface area contributed by atoms with Gasteiger partial charge in [-0.05, 0) is 47.0 Å². The van der Waals surface area contributed by atoms with Crippen molar-refractivity contribution in [2.75, 3.05) is 5.32 Å². The minimum absolute atomic E-state index is 0.372. The highest BCUT2D eigenvalue weighted by Gasteiger charge is 2.08. The number of benzene rings is 2. The normalized spacial score (nSPS) is 12.5. The molecule has 1 unspecified atom stereocenters. The smallest absolute Gasteiger partial charge is 0.0511 e. The Hall–Kier alpha value is -1.80. The number of thiophene rings is 1. The van der Waals surface area contributed by atoms with Gasteiger partial charge in [0.15, 0.2) is 0 Å². The van der Waals surface area contributed by atoms with Crippen LogP contribution < -0.4 is 5.32 Å². The van der Waals surface area contributed by atoms with Gasteiger partial charge in [0, 0.05) is 10.4 Å². The van der Waals surface area contributed by atoms with E-state index < -0.39 is 0 Å². The summed E-state index contributed by atoms with van der Waals surface area (Å²) in [4.78, 5) is 0. The lowest BCUT2D eigenvalue weighted by atomic mass is 10.0. The molecule has 19 heavy (non-hydrogen) atoms. The first-order valence-corrected chi connectivity index (χ1v) is 7.53. The summed E-state index contributed by atoms with van der Waals surface area (Å²) in [7, 11) is 0. The third kappa shape index (κ3) is 2.64. The van der Waals surface area contributed by atoms with Crippen molar-refractivity contribution in [2.24, 2.45) is 0 Å². The fourth-order valence-corrected chi connectivity index (χ4v) is 3.13. The monoisotopic (exact) mass is 267 g/mol. The second-order valence-electron chi connectivity index (χ2n) is 4.69. The predicted molar refractivity (Wildman–Crippen MR) is 84.9 cm³/mol. The van der Waals surface area contributed by atoms with Crippen LogP contribution in [-0.2, 0) is 0 Å². The van der Waals surface area contributed by atoms with Crippen LogP contribution in [0.25, 0.3) is 10.1 Å². The molecule has 1 heterocycles. The van der Waals surface area contributed by atoms with E-state index in [9.17, 15) is 0 Å². The van der Waals surface area contributed by atoms with Crippen LogP contribution in [0.3, 0.4) is 0 Å². The summed E-state index contributed by atoms with van der Waals surface area (Å²) in [6.45, 7) is 2.22. The molecule has 3 aromatic rings. The highest BCUT2D eigenvalue weighted by molar-refractivity contribution is 7.17. The number of rotatable bonds is 4.